The van der Waals surface area contributed by atoms with Crippen molar-refractivity contribution in [2.24, 2.45) is 23.2 Å². The lowest BCUT2D eigenvalue weighted by Gasteiger charge is -2.17. The molecule has 0 aliphatic heterocycles. The summed E-state index contributed by atoms with van der Waals surface area (Å²) < 4.78 is 0. The van der Waals surface area contributed by atoms with Gasteiger partial charge in [-0.1, -0.05) is 20.8 Å². The Morgan fingerprint density at radius 2 is 2.00 bits per heavy atom. The quantitative estimate of drug-likeness (QED) is 0.613. The zero-order valence-electron chi connectivity index (χ0n) is 7.67. The second kappa shape index (κ2) is 2.01. The summed E-state index contributed by atoms with van der Waals surface area (Å²) in [7, 11) is 0. The van der Waals surface area contributed by atoms with Crippen LogP contribution in [0, 0.1) is 23.2 Å². The number of fused-ring (bicyclic) bond motifs is 1. The standard InChI is InChI=1S/C10H18O/c1-6(2)10-4-8(10)7(3)9(11)5-10/h6-9,11H,4-5H2,1-3H3/t7?,8?,9-,10-/m1/s1. The molecule has 1 heteroatoms. The minimum Gasteiger partial charge on any atom is -0.393 e. The Balaban J connectivity index is 2.13. The van der Waals surface area contributed by atoms with Crippen molar-refractivity contribution in [1.82, 2.24) is 0 Å². The van der Waals surface area contributed by atoms with Crippen LogP contribution in [0.3, 0.4) is 0 Å². The minimum atomic E-state index is -0.00356. The van der Waals surface area contributed by atoms with E-state index in [9.17, 15) is 5.11 Å². The number of hydrogen-bond acceptors (Lipinski definition) is 1. The monoisotopic (exact) mass is 154 g/mol. The number of rotatable bonds is 1. The van der Waals surface area contributed by atoms with Crippen LogP contribution in [0.5, 0.6) is 0 Å². The van der Waals surface area contributed by atoms with Crippen LogP contribution in [0.25, 0.3) is 0 Å². The first kappa shape index (κ1) is 7.60. The molecule has 0 heterocycles. The first-order chi connectivity index (χ1) is 5.08. The molecule has 0 aromatic carbocycles. The molecule has 4 atom stereocenters. The average molecular weight is 154 g/mol. The summed E-state index contributed by atoms with van der Waals surface area (Å²) in [4.78, 5) is 0. The average Bonchev–Trinajstić information content (AvgIpc) is 2.57. The van der Waals surface area contributed by atoms with Gasteiger partial charge in [0.1, 0.15) is 0 Å². The van der Waals surface area contributed by atoms with Gasteiger partial charge >= 0.3 is 0 Å². The lowest BCUT2D eigenvalue weighted by atomic mass is 9.89. The summed E-state index contributed by atoms with van der Waals surface area (Å²) in [6, 6.07) is 0. The maximum absolute atomic E-state index is 9.61. The fourth-order valence-corrected chi connectivity index (χ4v) is 3.04. The van der Waals surface area contributed by atoms with Crippen molar-refractivity contribution in [3.63, 3.8) is 0 Å². The number of hydrogen-bond donors (Lipinski definition) is 1. The molecular weight excluding hydrogens is 136 g/mol. The third-order valence-corrected chi connectivity index (χ3v) is 4.16. The third kappa shape index (κ3) is 0.807. The molecule has 0 bridgehead atoms. The van der Waals surface area contributed by atoms with Crippen LogP contribution >= 0.6 is 0 Å². The molecule has 1 nitrogen and oxygen atoms in total. The zero-order chi connectivity index (χ0) is 8.22. The predicted octanol–water partition coefficient (Wildman–Crippen LogP) is 2.05. The van der Waals surface area contributed by atoms with E-state index in [1.165, 1.54) is 6.42 Å². The van der Waals surface area contributed by atoms with Crippen molar-refractivity contribution < 1.29 is 5.11 Å². The maximum atomic E-state index is 9.61. The van der Waals surface area contributed by atoms with Gasteiger partial charge in [-0.2, -0.15) is 0 Å². The molecule has 1 N–H and O–H groups in total. The molecule has 0 saturated heterocycles. The molecule has 2 rings (SSSR count). The van der Waals surface area contributed by atoms with Gasteiger partial charge in [0.15, 0.2) is 0 Å². The van der Waals surface area contributed by atoms with Gasteiger partial charge in [0.25, 0.3) is 0 Å². The van der Waals surface area contributed by atoms with E-state index < -0.39 is 0 Å². The van der Waals surface area contributed by atoms with Gasteiger partial charge in [-0.05, 0) is 36.0 Å². The van der Waals surface area contributed by atoms with Crippen molar-refractivity contribution in [1.29, 1.82) is 0 Å². The smallest absolute Gasteiger partial charge is 0.0574 e. The highest BCUT2D eigenvalue weighted by Gasteiger charge is 2.64. The Kier molecular flexibility index (Phi) is 1.39. The van der Waals surface area contributed by atoms with E-state index in [4.69, 9.17) is 0 Å². The van der Waals surface area contributed by atoms with Crippen molar-refractivity contribution in [2.75, 3.05) is 0 Å². The van der Waals surface area contributed by atoms with Crippen LogP contribution in [0.4, 0.5) is 0 Å². The topological polar surface area (TPSA) is 20.2 Å². The summed E-state index contributed by atoms with van der Waals surface area (Å²) in [5.74, 6) is 2.18. The molecule has 0 aromatic heterocycles. The van der Waals surface area contributed by atoms with Crippen molar-refractivity contribution in [3.05, 3.63) is 0 Å². The van der Waals surface area contributed by atoms with E-state index in [0.717, 1.165) is 18.3 Å². The van der Waals surface area contributed by atoms with Crippen LogP contribution in [0.15, 0.2) is 0 Å². The summed E-state index contributed by atoms with van der Waals surface area (Å²) in [5.41, 5.74) is 0.554. The molecule has 0 amide bonds. The largest absolute Gasteiger partial charge is 0.393 e. The van der Waals surface area contributed by atoms with Crippen molar-refractivity contribution in [3.8, 4) is 0 Å². The molecule has 0 spiro atoms. The van der Waals surface area contributed by atoms with Gasteiger partial charge in [-0.3, -0.25) is 0 Å². The molecule has 2 aliphatic carbocycles. The van der Waals surface area contributed by atoms with Crippen LogP contribution < -0.4 is 0 Å². The first-order valence-corrected chi connectivity index (χ1v) is 4.76. The van der Waals surface area contributed by atoms with Crippen LogP contribution in [-0.2, 0) is 0 Å². The van der Waals surface area contributed by atoms with Gasteiger partial charge in [-0.25, -0.2) is 0 Å². The second-order valence-electron chi connectivity index (χ2n) is 4.83. The molecule has 64 valence electrons. The van der Waals surface area contributed by atoms with Crippen molar-refractivity contribution >= 4 is 0 Å². The molecule has 11 heavy (non-hydrogen) atoms. The Bertz CT molecular complexity index is 176. The molecule has 2 fully saturated rings. The molecule has 2 aliphatic rings. The number of aliphatic hydroxyl groups is 1. The van der Waals surface area contributed by atoms with E-state index in [1.807, 2.05) is 0 Å². The summed E-state index contributed by atoms with van der Waals surface area (Å²) in [6.45, 7) is 6.79. The van der Waals surface area contributed by atoms with Gasteiger partial charge in [0.2, 0.25) is 0 Å². The summed E-state index contributed by atoms with van der Waals surface area (Å²) in [6.07, 6.45) is 2.44. The van der Waals surface area contributed by atoms with Crippen LogP contribution in [-0.4, -0.2) is 11.2 Å². The highest BCUT2D eigenvalue weighted by molar-refractivity contribution is 5.13. The molecule has 0 aromatic rings. The second-order valence-corrected chi connectivity index (χ2v) is 4.83. The summed E-state index contributed by atoms with van der Waals surface area (Å²) >= 11 is 0. The summed E-state index contributed by atoms with van der Waals surface area (Å²) in [5, 5.41) is 9.61. The Morgan fingerprint density at radius 3 is 2.27 bits per heavy atom. The normalized spacial score (nSPS) is 54.8. The fourth-order valence-electron chi connectivity index (χ4n) is 3.04. The highest BCUT2D eigenvalue weighted by Crippen LogP contribution is 2.69. The lowest BCUT2D eigenvalue weighted by molar-refractivity contribution is 0.113. The Morgan fingerprint density at radius 1 is 1.36 bits per heavy atom. The van der Waals surface area contributed by atoms with Gasteiger partial charge in [0.05, 0.1) is 6.10 Å². The predicted molar refractivity (Wildman–Crippen MR) is 45.2 cm³/mol. The van der Waals surface area contributed by atoms with Crippen LogP contribution in [0.1, 0.15) is 33.6 Å². The zero-order valence-corrected chi connectivity index (χ0v) is 7.67. The van der Waals surface area contributed by atoms with E-state index in [2.05, 4.69) is 20.8 Å². The maximum Gasteiger partial charge on any atom is 0.0574 e. The molecular formula is C10H18O. The number of aliphatic hydroxyl groups excluding tert-OH is 1. The lowest BCUT2D eigenvalue weighted by Crippen LogP contribution is -2.15. The fraction of sp³-hybridized carbons (Fsp3) is 1.00. The van der Waals surface area contributed by atoms with E-state index in [1.54, 1.807) is 0 Å². The van der Waals surface area contributed by atoms with Crippen LogP contribution in [0.2, 0.25) is 0 Å². The molecule has 2 saturated carbocycles. The van der Waals surface area contributed by atoms with E-state index in [-0.39, 0.29) is 6.10 Å². The minimum absolute atomic E-state index is 0.00356. The molecule has 2 unspecified atom stereocenters. The Labute approximate surface area is 68.8 Å². The van der Waals surface area contributed by atoms with E-state index in [0.29, 0.717) is 11.3 Å². The van der Waals surface area contributed by atoms with Gasteiger partial charge in [0, 0.05) is 0 Å². The van der Waals surface area contributed by atoms with Crippen molar-refractivity contribution in [2.45, 2.75) is 39.7 Å². The first-order valence-electron chi connectivity index (χ1n) is 4.76. The molecule has 0 radical (unpaired) electrons. The van der Waals surface area contributed by atoms with Gasteiger partial charge in [-0.15, -0.1) is 0 Å². The van der Waals surface area contributed by atoms with E-state index >= 15 is 0 Å². The SMILES string of the molecule is CC1C2C[C@]2(C(C)C)C[C@H]1O. The van der Waals surface area contributed by atoms with Gasteiger partial charge < -0.3 is 5.11 Å². The highest BCUT2D eigenvalue weighted by atomic mass is 16.3. The Hall–Kier alpha value is -0.0400. The third-order valence-electron chi connectivity index (χ3n) is 4.16.